The van der Waals surface area contributed by atoms with Gasteiger partial charge in [0, 0.05) is 11.0 Å². The highest BCUT2D eigenvalue weighted by molar-refractivity contribution is 9.10. The van der Waals surface area contributed by atoms with Crippen molar-refractivity contribution in [1.82, 2.24) is 9.78 Å². The van der Waals surface area contributed by atoms with Gasteiger partial charge in [0.05, 0.1) is 17.1 Å². The first-order chi connectivity index (χ1) is 8.52. The van der Waals surface area contributed by atoms with Crippen LogP contribution in [0.1, 0.15) is 12.6 Å². The quantitative estimate of drug-likeness (QED) is 0.912. The summed E-state index contributed by atoms with van der Waals surface area (Å²) < 4.78 is 15.4. The molecule has 0 aliphatic heterocycles. The second-order valence-electron chi connectivity index (χ2n) is 3.91. The first-order valence-electron chi connectivity index (χ1n) is 5.58. The SMILES string of the molecule is CCn1nc(C)c(N)c1Nc1ccc(F)cc1Br. The molecule has 1 aromatic carbocycles. The Hall–Kier alpha value is -1.56. The normalized spacial score (nSPS) is 10.7. The smallest absolute Gasteiger partial charge is 0.152 e. The highest BCUT2D eigenvalue weighted by Gasteiger charge is 2.12. The summed E-state index contributed by atoms with van der Waals surface area (Å²) in [5.74, 6) is 0.433. The number of aryl methyl sites for hydroxylation is 2. The summed E-state index contributed by atoms with van der Waals surface area (Å²) in [7, 11) is 0. The van der Waals surface area contributed by atoms with Crippen molar-refractivity contribution in [3.8, 4) is 0 Å². The summed E-state index contributed by atoms with van der Waals surface area (Å²) in [4.78, 5) is 0. The number of benzene rings is 1. The van der Waals surface area contributed by atoms with Gasteiger partial charge in [-0.15, -0.1) is 0 Å². The molecule has 0 aliphatic rings. The van der Waals surface area contributed by atoms with Crippen LogP contribution >= 0.6 is 15.9 Å². The second-order valence-corrected chi connectivity index (χ2v) is 4.77. The molecule has 18 heavy (non-hydrogen) atoms. The summed E-state index contributed by atoms with van der Waals surface area (Å²) in [6, 6.07) is 4.45. The fourth-order valence-electron chi connectivity index (χ4n) is 1.67. The highest BCUT2D eigenvalue weighted by atomic mass is 79.9. The first-order valence-corrected chi connectivity index (χ1v) is 6.37. The van der Waals surface area contributed by atoms with E-state index in [2.05, 4.69) is 26.3 Å². The van der Waals surface area contributed by atoms with Crippen molar-refractivity contribution in [3.05, 3.63) is 34.2 Å². The Morgan fingerprint density at radius 3 is 2.83 bits per heavy atom. The summed E-state index contributed by atoms with van der Waals surface area (Å²) in [5, 5.41) is 7.48. The molecule has 1 heterocycles. The Balaban J connectivity index is 2.39. The third-order valence-corrected chi connectivity index (χ3v) is 3.31. The molecule has 4 nitrogen and oxygen atoms in total. The molecule has 0 unspecified atom stereocenters. The molecule has 1 aromatic heterocycles. The Labute approximate surface area is 113 Å². The fourth-order valence-corrected chi connectivity index (χ4v) is 2.12. The van der Waals surface area contributed by atoms with Gasteiger partial charge in [-0.1, -0.05) is 0 Å². The molecule has 3 N–H and O–H groups in total. The molecule has 0 saturated heterocycles. The number of nitrogens with two attached hydrogens (primary N) is 1. The number of rotatable bonds is 3. The molecule has 0 radical (unpaired) electrons. The molecule has 2 aromatic rings. The zero-order chi connectivity index (χ0) is 13.3. The summed E-state index contributed by atoms with van der Waals surface area (Å²) >= 11 is 3.31. The van der Waals surface area contributed by atoms with Crippen LogP contribution in [0.25, 0.3) is 0 Å². The minimum atomic E-state index is -0.291. The van der Waals surface area contributed by atoms with Crippen LogP contribution in [0, 0.1) is 12.7 Å². The second kappa shape index (κ2) is 4.97. The Morgan fingerprint density at radius 2 is 2.22 bits per heavy atom. The van der Waals surface area contributed by atoms with E-state index in [1.54, 1.807) is 10.7 Å². The van der Waals surface area contributed by atoms with Crippen molar-refractivity contribution in [3.63, 3.8) is 0 Å². The van der Waals surface area contributed by atoms with Crippen molar-refractivity contribution in [2.24, 2.45) is 0 Å². The van der Waals surface area contributed by atoms with E-state index >= 15 is 0 Å². The maximum absolute atomic E-state index is 13.0. The van der Waals surface area contributed by atoms with E-state index in [4.69, 9.17) is 5.73 Å². The number of nitrogens with zero attached hydrogens (tertiary/aromatic N) is 2. The van der Waals surface area contributed by atoms with Crippen LogP contribution in [-0.4, -0.2) is 9.78 Å². The van der Waals surface area contributed by atoms with E-state index in [0.29, 0.717) is 16.7 Å². The lowest BCUT2D eigenvalue weighted by Gasteiger charge is -2.11. The molecule has 0 spiro atoms. The number of nitrogen functional groups attached to an aromatic ring is 1. The van der Waals surface area contributed by atoms with E-state index in [-0.39, 0.29) is 5.82 Å². The van der Waals surface area contributed by atoms with Crippen LogP contribution in [0.15, 0.2) is 22.7 Å². The van der Waals surface area contributed by atoms with Crippen LogP contribution in [0.4, 0.5) is 21.6 Å². The summed E-state index contributed by atoms with van der Waals surface area (Å²) in [6.07, 6.45) is 0. The molecule has 0 atom stereocenters. The predicted octanol–water partition coefficient (Wildman–Crippen LogP) is 3.44. The van der Waals surface area contributed by atoms with Crippen molar-refractivity contribution in [2.45, 2.75) is 20.4 Å². The largest absolute Gasteiger partial charge is 0.394 e. The number of nitrogens with one attached hydrogen (secondary N) is 1. The number of hydrogen-bond donors (Lipinski definition) is 2. The molecule has 0 amide bonds. The maximum atomic E-state index is 13.0. The number of aromatic nitrogens is 2. The van der Waals surface area contributed by atoms with E-state index in [1.807, 2.05) is 13.8 Å². The summed E-state index contributed by atoms with van der Waals surface area (Å²) in [5.41, 5.74) is 8.10. The van der Waals surface area contributed by atoms with Gasteiger partial charge in [0.1, 0.15) is 5.82 Å². The van der Waals surface area contributed by atoms with Gasteiger partial charge >= 0.3 is 0 Å². The molecule has 6 heteroatoms. The van der Waals surface area contributed by atoms with Gasteiger partial charge in [-0.25, -0.2) is 9.07 Å². The molecule has 0 aliphatic carbocycles. The van der Waals surface area contributed by atoms with E-state index in [9.17, 15) is 4.39 Å². The maximum Gasteiger partial charge on any atom is 0.152 e. The van der Waals surface area contributed by atoms with E-state index in [1.165, 1.54) is 12.1 Å². The molecular formula is C12H14BrFN4. The molecule has 0 bridgehead atoms. The van der Waals surface area contributed by atoms with Gasteiger partial charge < -0.3 is 11.1 Å². The van der Waals surface area contributed by atoms with Gasteiger partial charge in [0.15, 0.2) is 5.82 Å². The molecule has 96 valence electrons. The van der Waals surface area contributed by atoms with Gasteiger partial charge in [0.25, 0.3) is 0 Å². The van der Waals surface area contributed by atoms with Crippen molar-refractivity contribution >= 4 is 33.1 Å². The molecule has 0 fully saturated rings. The van der Waals surface area contributed by atoms with Gasteiger partial charge in [-0.05, 0) is 48.0 Å². The Morgan fingerprint density at radius 1 is 1.50 bits per heavy atom. The zero-order valence-corrected chi connectivity index (χ0v) is 11.8. The van der Waals surface area contributed by atoms with Crippen LogP contribution in [0.3, 0.4) is 0 Å². The number of halogens is 2. The lowest BCUT2D eigenvalue weighted by Crippen LogP contribution is -2.04. The van der Waals surface area contributed by atoms with Gasteiger partial charge in [-0.3, -0.25) is 0 Å². The van der Waals surface area contributed by atoms with Crippen LogP contribution in [-0.2, 0) is 6.54 Å². The Kier molecular flexibility index (Phi) is 3.56. The minimum Gasteiger partial charge on any atom is -0.394 e. The lowest BCUT2D eigenvalue weighted by atomic mass is 10.3. The average Bonchev–Trinajstić information content (AvgIpc) is 2.60. The van der Waals surface area contributed by atoms with E-state index in [0.717, 1.165) is 17.2 Å². The van der Waals surface area contributed by atoms with Gasteiger partial charge in [-0.2, -0.15) is 5.10 Å². The highest BCUT2D eigenvalue weighted by Crippen LogP contribution is 2.30. The third-order valence-electron chi connectivity index (χ3n) is 2.66. The standard InChI is InChI=1S/C12H14BrFN4/c1-3-18-12(11(15)7(2)17-18)16-10-5-4-8(14)6-9(10)13/h4-6,16H,3,15H2,1-2H3. The van der Waals surface area contributed by atoms with Crippen LogP contribution in [0.5, 0.6) is 0 Å². The first kappa shape index (κ1) is 12.9. The Bertz CT molecular complexity index is 580. The summed E-state index contributed by atoms with van der Waals surface area (Å²) in [6.45, 7) is 4.54. The lowest BCUT2D eigenvalue weighted by molar-refractivity contribution is 0.627. The fraction of sp³-hybridized carbons (Fsp3) is 0.250. The zero-order valence-electron chi connectivity index (χ0n) is 10.2. The molecule has 2 rings (SSSR count). The third kappa shape index (κ3) is 2.33. The van der Waals surface area contributed by atoms with Crippen molar-refractivity contribution in [1.29, 1.82) is 0 Å². The minimum absolute atomic E-state index is 0.291. The average molecular weight is 313 g/mol. The predicted molar refractivity (Wildman–Crippen MR) is 74.4 cm³/mol. The monoisotopic (exact) mass is 312 g/mol. The molecule has 0 saturated carbocycles. The number of anilines is 3. The molecular weight excluding hydrogens is 299 g/mol. The van der Waals surface area contributed by atoms with Crippen LogP contribution in [0.2, 0.25) is 0 Å². The van der Waals surface area contributed by atoms with Crippen LogP contribution < -0.4 is 11.1 Å². The topological polar surface area (TPSA) is 55.9 Å². The van der Waals surface area contributed by atoms with Gasteiger partial charge in [0.2, 0.25) is 0 Å². The van der Waals surface area contributed by atoms with Crippen molar-refractivity contribution in [2.75, 3.05) is 11.1 Å². The van der Waals surface area contributed by atoms with Crippen molar-refractivity contribution < 1.29 is 4.39 Å². The van der Waals surface area contributed by atoms with E-state index < -0.39 is 0 Å². The number of hydrogen-bond acceptors (Lipinski definition) is 3.